The highest BCUT2D eigenvalue weighted by atomic mass is 32.2. The first-order valence-electron chi connectivity index (χ1n) is 5.79. The molecule has 0 radical (unpaired) electrons. The van der Waals surface area contributed by atoms with Gasteiger partial charge in [0.1, 0.15) is 11.7 Å². The van der Waals surface area contributed by atoms with E-state index in [0.29, 0.717) is 11.4 Å². The number of anilines is 1. The molecule has 2 aromatic rings. The molecule has 0 spiro atoms. The second-order valence-corrected chi connectivity index (χ2v) is 6.00. The summed E-state index contributed by atoms with van der Waals surface area (Å²) >= 11 is 0. The predicted molar refractivity (Wildman–Crippen MR) is 76.3 cm³/mol. The Morgan fingerprint density at radius 1 is 1.40 bits per heavy atom. The summed E-state index contributed by atoms with van der Waals surface area (Å²) in [7, 11) is -3.79. The minimum atomic E-state index is -3.79. The normalized spacial score (nSPS) is 11.3. The number of sulfonamides is 1. The predicted octanol–water partition coefficient (Wildman–Crippen LogP) is 1.11. The number of hydrogen-bond acceptors (Lipinski definition) is 4. The van der Waals surface area contributed by atoms with Gasteiger partial charge in [-0.1, -0.05) is 12.1 Å². The van der Waals surface area contributed by atoms with E-state index in [-0.39, 0.29) is 16.5 Å². The van der Waals surface area contributed by atoms with Crippen LogP contribution in [0.4, 0.5) is 5.69 Å². The van der Waals surface area contributed by atoms with Crippen molar-refractivity contribution in [3.05, 3.63) is 41.3 Å². The number of nitrogens with zero attached hydrogens (tertiary/aromatic N) is 1. The molecule has 0 atom stereocenters. The van der Waals surface area contributed by atoms with Gasteiger partial charge in [0.25, 0.3) is 10.0 Å². The van der Waals surface area contributed by atoms with Crippen molar-refractivity contribution in [3.8, 4) is 0 Å². The number of aromatic nitrogens is 2. The van der Waals surface area contributed by atoms with Gasteiger partial charge in [0.2, 0.25) is 0 Å². The van der Waals surface area contributed by atoms with Crippen LogP contribution in [0.5, 0.6) is 0 Å². The van der Waals surface area contributed by atoms with Crippen molar-refractivity contribution in [1.29, 1.82) is 5.41 Å². The van der Waals surface area contributed by atoms with E-state index in [0.717, 1.165) is 5.56 Å². The number of imidazole rings is 1. The second kappa shape index (κ2) is 4.97. The van der Waals surface area contributed by atoms with Crippen molar-refractivity contribution in [2.45, 2.75) is 18.9 Å². The molecule has 5 N–H and O–H groups in total. The fourth-order valence-corrected chi connectivity index (χ4v) is 2.89. The molecular formula is C12H15N5O2S. The summed E-state index contributed by atoms with van der Waals surface area (Å²) < 4.78 is 26.8. The van der Waals surface area contributed by atoms with Crippen LogP contribution in [0, 0.1) is 19.3 Å². The Balaban J connectivity index is 2.45. The van der Waals surface area contributed by atoms with Crippen LogP contribution >= 0.6 is 0 Å². The van der Waals surface area contributed by atoms with E-state index < -0.39 is 10.0 Å². The summed E-state index contributed by atoms with van der Waals surface area (Å²) in [5, 5.41) is 7.52. The van der Waals surface area contributed by atoms with Crippen molar-refractivity contribution in [1.82, 2.24) is 9.97 Å². The number of hydrogen-bond donors (Lipinski definition) is 4. The lowest BCUT2D eigenvalue weighted by Crippen LogP contribution is -2.20. The molecule has 20 heavy (non-hydrogen) atoms. The molecule has 0 amide bonds. The van der Waals surface area contributed by atoms with Gasteiger partial charge in [0.15, 0.2) is 5.03 Å². The van der Waals surface area contributed by atoms with Crippen LogP contribution < -0.4 is 10.5 Å². The van der Waals surface area contributed by atoms with Crippen molar-refractivity contribution in [2.75, 3.05) is 4.72 Å². The minimum absolute atomic E-state index is 0.0361. The van der Waals surface area contributed by atoms with E-state index >= 15 is 0 Å². The van der Waals surface area contributed by atoms with Gasteiger partial charge in [0, 0.05) is 5.56 Å². The Morgan fingerprint density at radius 2 is 2.10 bits per heavy atom. The SMILES string of the molecule is Cc1ncc(S(=O)(=O)Nc2cccc(C)c2C(=N)N)[nH]1. The lowest BCUT2D eigenvalue weighted by Gasteiger charge is -2.12. The topological polar surface area (TPSA) is 125 Å². The number of aromatic amines is 1. The molecule has 0 fully saturated rings. The first-order chi connectivity index (χ1) is 9.31. The average Bonchev–Trinajstić information content (AvgIpc) is 2.75. The number of H-pyrrole nitrogens is 1. The van der Waals surface area contributed by atoms with Gasteiger partial charge in [-0.05, 0) is 25.5 Å². The first kappa shape index (κ1) is 14.1. The van der Waals surface area contributed by atoms with Gasteiger partial charge in [-0.25, -0.2) is 4.98 Å². The number of amidine groups is 1. The van der Waals surface area contributed by atoms with Gasteiger partial charge in [0.05, 0.1) is 11.9 Å². The van der Waals surface area contributed by atoms with E-state index in [1.54, 1.807) is 32.0 Å². The lowest BCUT2D eigenvalue weighted by atomic mass is 10.1. The Hall–Kier alpha value is -2.35. The molecule has 8 heteroatoms. The van der Waals surface area contributed by atoms with E-state index in [9.17, 15) is 8.42 Å². The molecule has 1 aromatic heterocycles. The number of nitrogens with one attached hydrogen (secondary N) is 3. The monoisotopic (exact) mass is 293 g/mol. The standard InChI is InChI=1S/C12H15N5O2S/c1-7-4-3-5-9(11(7)12(13)14)17-20(18,19)10-6-15-8(2)16-10/h3-6,17H,1-2H3,(H3,13,14)(H,15,16). The molecule has 0 aliphatic rings. The zero-order chi connectivity index (χ0) is 14.9. The Kier molecular flexibility index (Phi) is 3.49. The van der Waals surface area contributed by atoms with E-state index in [1.165, 1.54) is 6.20 Å². The van der Waals surface area contributed by atoms with Crippen LogP contribution in [0.3, 0.4) is 0 Å². The molecule has 0 unspecified atom stereocenters. The maximum Gasteiger partial charge on any atom is 0.279 e. The molecule has 2 rings (SSSR count). The fourth-order valence-electron chi connectivity index (χ4n) is 1.84. The summed E-state index contributed by atoms with van der Waals surface area (Å²) in [5.74, 6) is 0.308. The zero-order valence-electron chi connectivity index (χ0n) is 11.1. The highest BCUT2D eigenvalue weighted by Gasteiger charge is 2.19. The van der Waals surface area contributed by atoms with Gasteiger partial charge in [-0.3, -0.25) is 10.1 Å². The van der Waals surface area contributed by atoms with Crippen LogP contribution in [-0.4, -0.2) is 24.2 Å². The molecule has 0 aliphatic heterocycles. The maximum atomic E-state index is 12.2. The lowest BCUT2D eigenvalue weighted by molar-refractivity contribution is 0.598. The highest BCUT2D eigenvalue weighted by Crippen LogP contribution is 2.22. The molecule has 106 valence electrons. The van der Waals surface area contributed by atoms with Crippen LogP contribution in [0.2, 0.25) is 0 Å². The van der Waals surface area contributed by atoms with Gasteiger partial charge in [-0.2, -0.15) is 8.42 Å². The molecule has 0 aliphatic carbocycles. The summed E-state index contributed by atoms with van der Waals surface area (Å²) in [4.78, 5) is 6.51. The Morgan fingerprint density at radius 3 is 2.65 bits per heavy atom. The number of rotatable bonds is 4. The third-order valence-electron chi connectivity index (χ3n) is 2.76. The van der Waals surface area contributed by atoms with Crippen LogP contribution in [-0.2, 0) is 10.0 Å². The van der Waals surface area contributed by atoms with Gasteiger partial charge >= 0.3 is 0 Å². The van der Waals surface area contributed by atoms with Crippen molar-refractivity contribution in [3.63, 3.8) is 0 Å². The maximum absolute atomic E-state index is 12.2. The third-order valence-corrected chi connectivity index (χ3v) is 4.03. The molecule has 1 aromatic carbocycles. The Bertz CT molecular complexity index is 764. The van der Waals surface area contributed by atoms with Gasteiger partial charge < -0.3 is 10.7 Å². The second-order valence-electron chi connectivity index (χ2n) is 4.35. The van der Waals surface area contributed by atoms with Crippen molar-refractivity contribution >= 4 is 21.5 Å². The van der Waals surface area contributed by atoms with E-state index in [4.69, 9.17) is 11.1 Å². The summed E-state index contributed by atoms with van der Waals surface area (Å²) in [5.41, 5.74) is 6.86. The smallest absolute Gasteiger partial charge is 0.279 e. The number of aryl methyl sites for hydroxylation is 2. The van der Waals surface area contributed by atoms with Crippen LogP contribution in [0.1, 0.15) is 17.0 Å². The van der Waals surface area contributed by atoms with Crippen LogP contribution in [0.15, 0.2) is 29.4 Å². The van der Waals surface area contributed by atoms with Crippen molar-refractivity contribution in [2.24, 2.45) is 5.73 Å². The third kappa shape index (κ3) is 2.64. The minimum Gasteiger partial charge on any atom is -0.384 e. The van der Waals surface area contributed by atoms with E-state index in [1.807, 2.05) is 0 Å². The van der Waals surface area contributed by atoms with E-state index in [2.05, 4.69) is 14.7 Å². The van der Waals surface area contributed by atoms with Gasteiger partial charge in [-0.15, -0.1) is 0 Å². The van der Waals surface area contributed by atoms with Crippen LogP contribution in [0.25, 0.3) is 0 Å². The molecule has 0 bridgehead atoms. The zero-order valence-corrected chi connectivity index (χ0v) is 11.9. The number of benzene rings is 1. The molecule has 0 saturated heterocycles. The first-order valence-corrected chi connectivity index (χ1v) is 7.28. The quantitative estimate of drug-likeness (QED) is 0.497. The molecule has 7 nitrogen and oxygen atoms in total. The highest BCUT2D eigenvalue weighted by molar-refractivity contribution is 7.92. The molecular weight excluding hydrogens is 278 g/mol. The largest absolute Gasteiger partial charge is 0.384 e. The molecule has 1 heterocycles. The number of nitrogens with two attached hydrogens (primary N) is 1. The summed E-state index contributed by atoms with van der Waals surface area (Å²) in [6.45, 7) is 3.42. The summed E-state index contributed by atoms with van der Waals surface area (Å²) in [6.07, 6.45) is 1.24. The number of nitrogen functional groups attached to an aromatic ring is 1. The van der Waals surface area contributed by atoms with Crippen molar-refractivity contribution < 1.29 is 8.42 Å². The molecule has 0 saturated carbocycles. The fraction of sp³-hybridized carbons (Fsp3) is 0.167. The Labute approximate surface area is 116 Å². The average molecular weight is 293 g/mol. The summed E-state index contributed by atoms with van der Waals surface area (Å²) in [6, 6.07) is 5.01.